The van der Waals surface area contributed by atoms with Gasteiger partial charge in [-0.05, 0) is 66.9 Å². The van der Waals surface area contributed by atoms with Gasteiger partial charge in [-0.1, -0.05) is 48.0 Å². The molecular formula is C30H29Cl2N3O5S2. The second-order valence-corrected chi connectivity index (χ2v) is 12.7. The summed E-state index contributed by atoms with van der Waals surface area (Å²) in [6.45, 7) is 4.17. The van der Waals surface area contributed by atoms with Crippen LogP contribution in [0.15, 0.2) is 83.8 Å². The number of esters is 1. The third-order valence-electron chi connectivity index (χ3n) is 6.59. The first-order chi connectivity index (χ1) is 19.7. The first-order valence-corrected chi connectivity index (χ1v) is 15.7. The van der Waals surface area contributed by atoms with E-state index in [1.165, 1.54) is 47.2 Å². The van der Waals surface area contributed by atoms with Crippen LogP contribution in [0.4, 0.5) is 10.7 Å². The average molecular weight is 647 g/mol. The Kier molecular flexibility index (Phi) is 10.3. The monoisotopic (exact) mass is 645 g/mol. The standard InChI is InChI=1S/C30H28ClN3O5S2.ClH/c1-2-39-30(36)27-25-15-16-34(18-20-7-4-3-5-8-20)19-26(25)40-29(27)32-28(35)21-9-6-10-23(17-21)33-41(37,38)24-13-11-22(31)12-14-24;/h3-14,17,33H,2,15-16,18-19H2,1H3,(H,32,35);1H. The minimum atomic E-state index is -3.89. The van der Waals surface area contributed by atoms with Crippen LogP contribution in [0, 0.1) is 0 Å². The van der Waals surface area contributed by atoms with Gasteiger partial charge < -0.3 is 10.1 Å². The molecule has 0 fully saturated rings. The van der Waals surface area contributed by atoms with Crippen molar-refractivity contribution < 1.29 is 22.7 Å². The third-order valence-corrected chi connectivity index (χ3v) is 9.37. The van der Waals surface area contributed by atoms with E-state index in [4.69, 9.17) is 16.3 Å². The highest BCUT2D eigenvalue weighted by Gasteiger charge is 2.30. The van der Waals surface area contributed by atoms with E-state index < -0.39 is 21.9 Å². The van der Waals surface area contributed by atoms with Crippen molar-refractivity contribution in [2.75, 3.05) is 23.2 Å². The summed E-state index contributed by atoms with van der Waals surface area (Å²) in [6, 6.07) is 22.1. The van der Waals surface area contributed by atoms with Gasteiger partial charge in [0.15, 0.2) is 0 Å². The van der Waals surface area contributed by atoms with Crippen LogP contribution in [-0.2, 0) is 34.3 Å². The maximum atomic E-state index is 13.3. The van der Waals surface area contributed by atoms with Crippen LogP contribution in [0.5, 0.6) is 0 Å². The van der Waals surface area contributed by atoms with E-state index >= 15 is 0 Å². The molecule has 0 bridgehead atoms. The summed E-state index contributed by atoms with van der Waals surface area (Å²) < 4.78 is 33.5. The predicted octanol–water partition coefficient (Wildman–Crippen LogP) is 6.61. The number of halogens is 2. The van der Waals surface area contributed by atoms with Crippen molar-refractivity contribution in [3.8, 4) is 0 Å². The summed E-state index contributed by atoms with van der Waals surface area (Å²) >= 11 is 7.24. The topological polar surface area (TPSA) is 105 Å². The second kappa shape index (κ2) is 13.7. The van der Waals surface area contributed by atoms with Crippen LogP contribution in [0.3, 0.4) is 0 Å². The number of nitrogens with one attached hydrogen (secondary N) is 2. The number of sulfonamides is 1. The number of rotatable bonds is 9. The molecule has 0 unspecified atom stereocenters. The Bertz CT molecular complexity index is 1680. The highest BCUT2D eigenvalue weighted by molar-refractivity contribution is 7.92. The van der Waals surface area contributed by atoms with Crippen LogP contribution in [0.25, 0.3) is 0 Å². The van der Waals surface area contributed by atoms with Crippen molar-refractivity contribution in [2.45, 2.75) is 31.3 Å². The number of carbonyl (C=O) groups excluding carboxylic acids is 2. The minimum absolute atomic E-state index is 0. The number of hydrogen-bond donors (Lipinski definition) is 2. The molecule has 5 rings (SSSR count). The Hall–Kier alpha value is -3.41. The molecule has 2 N–H and O–H groups in total. The maximum absolute atomic E-state index is 13.3. The van der Waals surface area contributed by atoms with E-state index in [1.807, 2.05) is 18.2 Å². The molecule has 1 amide bonds. The number of thiophene rings is 1. The van der Waals surface area contributed by atoms with Crippen LogP contribution < -0.4 is 10.0 Å². The van der Waals surface area contributed by atoms with Crippen molar-refractivity contribution in [1.29, 1.82) is 0 Å². The number of anilines is 2. The van der Waals surface area contributed by atoms with Gasteiger partial charge in [0.1, 0.15) is 5.00 Å². The van der Waals surface area contributed by atoms with Gasteiger partial charge in [-0.3, -0.25) is 14.4 Å². The number of ether oxygens (including phenoxy) is 1. The molecule has 1 aliphatic rings. The van der Waals surface area contributed by atoms with Gasteiger partial charge in [0.25, 0.3) is 15.9 Å². The molecule has 2 heterocycles. The highest BCUT2D eigenvalue weighted by atomic mass is 35.5. The first kappa shape index (κ1) is 31.5. The van der Waals surface area contributed by atoms with Gasteiger partial charge in [-0.25, -0.2) is 13.2 Å². The SMILES string of the molecule is CCOC(=O)c1c(NC(=O)c2cccc(NS(=O)(=O)c3ccc(Cl)cc3)c2)sc2c1CCN(Cc1ccccc1)C2.Cl. The lowest BCUT2D eigenvalue weighted by Crippen LogP contribution is -2.29. The number of carbonyl (C=O) groups is 2. The van der Waals surface area contributed by atoms with Crippen molar-refractivity contribution in [1.82, 2.24) is 4.90 Å². The number of amides is 1. The maximum Gasteiger partial charge on any atom is 0.341 e. The lowest BCUT2D eigenvalue weighted by Gasteiger charge is -2.27. The van der Waals surface area contributed by atoms with Gasteiger partial charge in [0.2, 0.25) is 0 Å². The van der Waals surface area contributed by atoms with Gasteiger partial charge in [0.05, 0.1) is 17.1 Å². The Morgan fingerprint density at radius 3 is 2.48 bits per heavy atom. The quantitative estimate of drug-likeness (QED) is 0.198. The normalized spacial score (nSPS) is 13.0. The molecule has 0 radical (unpaired) electrons. The summed E-state index contributed by atoms with van der Waals surface area (Å²) in [5, 5.41) is 3.73. The molecule has 0 spiro atoms. The van der Waals surface area contributed by atoms with Gasteiger partial charge in [-0.2, -0.15) is 0 Å². The fourth-order valence-corrected chi connectivity index (χ4v) is 7.12. The van der Waals surface area contributed by atoms with Crippen LogP contribution >= 0.6 is 35.3 Å². The molecule has 0 aliphatic carbocycles. The molecular weight excluding hydrogens is 617 g/mol. The number of fused-ring (bicyclic) bond motifs is 1. The zero-order chi connectivity index (χ0) is 29.0. The smallest absolute Gasteiger partial charge is 0.341 e. The van der Waals surface area contributed by atoms with E-state index in [9.17, 15) is 18.0 Å². The average Bonchev–Trinajstić information content (AvgIpc) is 3.31. The molecule has 42 heavy (non-hydrogen) atoms. The summed E-state index contributed by atoms with van der Waals surface area (Å²) in [5.74, 6) is -0.941. The van der Waals surface area contributed by atoms with E-state index in [2.05, 4.69) is 27.1 Å². The Morgan fingerprint density at radius 1 is 1.02 bits per heavy atom. The Balaban J connectivity index is 0.00000405. The summed E-state index contributed by atoms with van der Waals surface area (Å²) in [5.41, 5.74) is 2.95. The van der Waals surface area contributed by atoms with Gasteiger partial charge >= 0.3 is 5.97 Å². The molecule has 3 aromatic carbocycles. The number of nitrogens with zero attached hydrogens (tertiary/aromatic N) is 1. The molecule has 0 saturated carbocycles. The summed E-state index contributed by atoms with van der Waals surface area (Å²) in [4.78, 5) is 29.7. The van der Waals surface area contributed by atoms with Gasteiger partial charge in [0, 0.05) is 40.8 Å². The lowest BCUT2D eigenvalue weighted by atomic mass is 10.0. The van der Waals surface area contributed by atoms with E-state index in [-0.39, 0.29) is 35.2 Å². The molecule has 0 atom stereocenters. The number of benzene rings is 3. The van der Waals surface area contributed by atoms with Crippen molar-refractivity contribution >= 4 is 67.9 Å². The third kappa shape index (κ3) is 7.32. The molecule has 8 nitrogen and oxygen atoms in total. The Labute approximate surface area is 260 Å². The van der Waals surface area contributed by atoms with Gasteiger partial charge in [-0.15, -0.1) is 23.7 Å². The molecule has 1 aromatic heterocycles. The van der Waals surface area contributed by atoms with Crippen LogP contribution in [0.2, 0.25) is 5.02 Å². The summed E-state index contributed by atoms with van der Waals surface area (Å²) in [6.07, 6.45) is 0.657. The molecule has 0 saturated heterocycles. The zero-order valence-electron chi connectivity index (χ0n) is 22.6. The van der Waals surface area contributed by atoms with Crippen molar-refractivity contribution in [3.63, 3.8) is 0 Å². The first-order valence-electron chi connectivity index (χ1n) is 13.0. The fraction of sp³-hybridized carbons (Fsp3) is 0.200. The zero-order valence-corrected chi connectivity index (χ0v) is 25.8. The van der Waals surface area contributed by atoms with Crippen LogP contribution in [0.1, 0.15) is 43.6 Å². The van der Waals surface area contributed by atoms with Crippen molar-refractivity contribution in [2.24, 2.45) is 0 Å². The molecule has 220 valence electrons. The van der Waals surface area contributed by atoms with Crippen LogP contribution in [-0.4, -0.2) is 38.3 Å². The number of hydrogen-bond acceptors (Lipinski definition) is 7. The molecule has 1 aliphatic heterocycles. The minimum Gasteiger partial charge on any atom is -0.462 e. The summed E-state index contributed by atoms with van der Waals surface area (Å²) in [7, 11) is -3.89. The van der Waals surface area contributed by atoms with E-state index in [1.54, 1.807) is 25.1 Å². The molecule has 12 heteroatoms. The van der Waals surface area contributed by atoms with E-state index in [0.717, 1.165) is 23.5 Å². The Morgan fingerprint density at radius 2 is 1.76 bits per heavy atom. The molecule has 4 aromatic rings. The second-order valence-electron chi connectivity index (χ2n) is 9.47. The highest BCUT2D eigenvalue weighted by Crippen LogP contribution is 2.38. The van der Waals surface area contributed by atoms with E-state index in [0.29, 0.717) is 28.6 Å². The predicted molar refractivity (Wildman–Crippen MR) is 168 cm³/mol. The van der Waals surface area contributed by atoms with Crippen molar-refractivity contribution in [3.05, 3.63) is 111 Å². The fourth-order valence-electron chi connectivity index (χ4n) is 4.67. The largest absolute Gasteiger partial charge is 0.462 e. The lowest BCUT2D eigenvalue weighted by molar-refractivity contribution is 0.0526.